The molecule has 1 fully saturated rings. The third-order valence-electron chi connectivity index (χ3n) is 4.42. The summed E-state index contributed by atoms with van der Waals surface area (Å²) in [5.74, 6) is 0.862. The summed E-state index contributed by atoms with van der Waals surface area (Å²) in [6.45, 7) is 6.10. The van der Waals surface area contributed by atoms with Crippen LogP contribution in [0.25, 0.3) is 0 Å². The zero-order valence-electron chi connectivity index (χ0n) is 11.8. The summed E-state index contributed by atoms with van der Waals surface area (Å²) in [4.78, 5) is 4.06. The number of hydrogen-bond acceptors (Lipinski definition) is 3. The van der Waals surface area contributed by atoms with Gasteiger partial charge in [-0.1, -0.05) is 6.07 Å². The Morgan fingerprint density at radius 2 is 2.32 bits per heavy atom. The molecule has 104 valence electrons. The first kappa shape index (κ1) is 13.5. The maximum absolute atomic E-state index is 3.53. The molecule has 0 aromatic heterocycles. The average molecular weight is 276 g/mol. The second-order valence-corrected chi connectivity index (χ2v) is 6.71. The van der Waals surface area contributed by atoms with Crippen molar-refractivity contribution in [1.29, 1.82) is 0 Å². The summed E-state index contributed by atoms with van der Waals surface area (Å²) in [6.07, 6.45) is 6.14. The minimum Gasteiger partial charge on any atom is -0.316 e. The highest BCUT2D eigenvalue weighted by molar-refractivity contribution is 7.98. The molecule has 1 saturated heterocycles. The molecular formula is C16H24N2S. The third-order valence-corrected chi connectivity index (χ3v) is 5.15. The first-order valence-corrected chi connectivity index (χ1v) is 8.66. The molecule has 1 aromatic carbocycles. The van der Waals surface area contributed by atoms with Crippen molar-refractivity contribution in [1.82, 2.24) is 10.2 Å². The highest BCUT2D eigenvalue weighted by Crippen LogP contribution is 2.25. The average Bonchev–Trinajstić information content (AvgIpc) is 2.48. The van der Waals surface area contributed by atoms with Crippen molar-refractivity contribution in [3.63, 3.8) is 0 Å². The molecule has 0 spiro atoms. The van der Waals surface area contributed by atoms with Crippen LogP contribution in [0.1, 0.15) is 24.0 Å². The van der Waals surface area contributed by atoms with Crippen LogP contribution in [0.4, 0.5) is 0 Å². The zero-order chi connectivity index (χ0) is 13.1. The van der Waals surface area contributed by atoms with Gasteiger partial charge in [0.05, 0.1) is 0 Å². The van der Waals surface area contributed by atoms with Crippen LogP contribution in [0.5, 0.6) is 0 Å². The van der Waals surface area contributed by atoms with Crippen LogP contribution in [0, 0.1) is 5.92 Å². The standard InChI is InChI=1S/C16H24N2S/c1-19-16-5-4-15-12-18(8-6-14(15)9-16)11-13-3-2-7-17-10-13/h4-5,9,13,17H,2-3,6-8,10-12H2,1H3/t13-/m0/s1. The van der Waals surface area contributed by atoms with Crippen LogP contribution in [0.3, 0.4) is 0 Å². The molecule has 0 bridgehead atoms. The maximum Gasteiger partial charge on any atom is 0.0236 e. The Morgan fingerprint density at radius 3 is 3.11 bits per heavy atom. The Bertz CT molecular complexity index is 427. The minimum absolute atomic E-state index is 0.862. The fourth-order valence-electron chi connectivity index (χ4n) is 3.32. The second kappa shape index (κ2) is 6.29. The van der Waals surface area contributed by atoms with Crippen LogP contribution >= 0.6 is 11.8 Å². The fraction of sp³-hybridized carbons (Fsp3) is 0.625. The lowest BCUT2D eigenvalue weighted by Gasteiger charge is -2.33. The molecule has 1 N–H and O–H groups in total. The van der Waals surface area contributed by atoms with Gasteiger partial charge in [-0.2, -0.15) is 0 Å². The normalized spacial score (nSPS) is 24.2. The molecule has 0 amide bonds. The molecule has 2 aliphatic heterocycles. The number of hydrogen-bond donors (Lipinski definition) is 1. The topological polar surface area (TPSA) is 15.3 Å². The summed E-state index contributed by atoms with van der Waals surface area (Å²) in [7, 11) is 0. The van der Waals surface area contributed by atoms with Gasteiger partial charge in [-0.05, 0) is 67.8 Å². The molecule has 0 aliphatic carbocycles. The number of piperidine rings is 1. The smallest absolute Gasteiger partial charge is 0.0236 e. The Morgan fingerprint density at radius 1 is 1.37 bits per heavy atom. The molecule has 2 heterocycles. The summed E-state index contributed by atoms with van der Waals surface area (Å²) in [5, 5.41) is 3.53. The lowest BCUT2D eigenvalue weighted by molar-refractivity contribution is 0.194. The Kier molecular flexibility index (Phi) is 4.46. The Hall–Kier alpha value is -0.510. The molecule has 0 unspecified atom stereocenters. The monoisotopic (exact) mass is 276 g/mol. The number of thioether (sulfide) groups is 1. The van der Waals surface area contributed by atoms with Crippen molar-refractivity contribution in [2.24, 2.45) is 5.92 Å². The summed E-state index contributed by atoms with van der Waals surface area (Å²) >= 11 is 1.85. The number of rotatable bonds is 3. The van der Waals surface area contributed by atoms with Gasteiger partial charge in [0.25, 0.3) is 0 Å². The Labute approximate surface area is 121 Å². The van der Waals surface area contributed by atoms with Gasteiger partial charge in [-0.3, -0.25) is 4.90 Å². The van der Waals surface area contributed by atoms with Gasteiger partial charge in [0.15, 0.2) is 0 Å². The van der Waals surface area contributed by atoms with E-state index in [2.05, 4.69) is 34.7 Å². The number of benzene rings is 1. The lowest BCUT2D eigenvalue weighted by Crippen LogP contribution is -2.40. The number of fused-ring (bicyclic) bond motifs is 1. The van der Waals surface area contributed by atoms with Crippen molar-refractivity contribution in [2.75, 3.05) is 32.4 Å². The molecule has 19 heavy (non-hydrogen) atoms. The van der Waals surface area contributed by atoms with Crippen LogP contribution in [-0.2, 0) is 13.0 Å². The van der Waals surface area contributed by atoms with Crippen molar-refractivity contribution in [3.8, 4) is 0 Å². The van der Waals surface area contributed by atoms with Crippen molar-refractivity contribution in [3.05, 3.63) is 29.3 Å². The molecule has 2 nitrogen and oxygen atoms in total. The first-order chi connectivity index (χ1) is 9.35. The first-order valence-electron chi connectivity index (χ1n) is 7.44. The molecule has 1 aromatic rings. The SMILES string of the molecule is CSc1ccc2c(c1)CCN(C[C@H]1CCCNC1)C2. The van der Waals surface area contributed by atoms with Gasteiger partial charge in [0, 0.05) is 24.5 Å². The van der Waals surface area contributed by atoms with Crippen LogP contribution in [0.15, 0.2) is 23.1 Å². The van der Waals surface area contributed by atoms with E-state index < -0.39 is 0 Å². The van der Waals surface area contributed by atoms with Crippen LogP contribution < -0.4 is 5.32 Å². The van der Waals surface area contributed by atoms with E-state index in [0.717, 1.165) is 12.5 Å². The summed E-state index contributed by atoms with van der Waals surface area (Å²) in [5.41, 5.74) is 3.12. The van der Waals surface area contributed by atoms with E-state index in [1.807, 2.05) is 11.8 Å². The van der Waals surface area contributed by atoms with Gasteiger partial charge in [-0.15, -0.1) is 11.8 Å². The third kappa shape index (κ3) is 3.33. The Balaban J connectivity index is 1.61. The van der Waals surface area contributed by atoms with E-state index >= 15 is 0 Å². The van der Waals surface area contributed by atoms with Gasteiger partial charge in [0.1, 0.15) is 0 Å². The quantitative estimate of drug-likeness (QED) is 0.855. The predicted octanol–water partition coefficient (Wildman–Crippen LogP) is 2.77. The predicted molar refractivity (Wildman–Crippen MR) is 82.8 cm³/mol. The fourth-order valence-corrected chi connectivity index (χ4v) is 3.78. The van der Waals surface area contributed by atoms with E-state index in [1.165, 1.54) is 50.3 Å². The maximum atomic E-state index is 3.53. The van der Waals surface area contributed by atoms with E-state index in [-0.39, 0.29) is 0 Å². The van der Waals surface area contributed by atoms with Gasteiger partial charge < -0.3 is 5.32 Å². The number of nitrogens with zero attached hydrogens (tertiary/aromatic N) is 1. The van der Waals surface area contributed by atoms with Crippen molar-refractivity contribution < 1.29 is 0 Å². The van der Waals surface area contributed by atoms with Gasteiger partial charge >= 0.3 is 0 Å². The number of nitrogens with one attached hydrogen (secondary N) is 1. The summed E-state index contributed by atoms with van der Waals surface area (Å²) < 4.78 is 0. The van der Waals surface area contributed by atoms with Gasteiger partial charge in [-0.25, -0.2) is 0 Å². The summed E-state index contributed by atoms with van der Waals surface area (Å²) in [6, 6.07) is 7.00. The molecule has 1 atom stereocenters. The van der Waals surface area contributed by atoms with E-state index in [0.29, 0.717) is 0 Å². The second-order valence-electron chi connectivity index (χ2n) is 5.83. The largest absolute Gasteiger partial charge is 0.316 e. The van der Waals surface area contributed by atoms with Gasteiger partial charge in [0.2, 0.25) is 0 Å². The highest BCUT2D eigenvalue weighted by atomic mass is 32.2. The molecular weight excluding hydrogens is 252 g/mol. The highest BCUT2D eigenvalue weighted by Gasteiger charge is 2.21. The van der Waals surface area contributed by atoms with E-state index in [9.17, 15) is 0 Å². The van der Waals surface area contributed by atoms with E-state index in [4.69, 9.17) is 0 Å². The molecule has 0 saturated carbocycles. The zero-order valence-corrected chi connectivity index (χ0v) is 12.6. The van der Waals surface area contributed by atoms with Crippen molar-refractivity contribution in [2.45, 2.75) is 30.7 Å². The van der Waals surface area contributed by atoms with Crippen LogP contribution in [-0.4, -0.2) is 37.3 Å². The van der Waals surface area contributed by atoms with Crippen LogP contribution in [0.2, 0.25) is 0 Å². The lowest BCUT2D eigenvalue weighted by atomic mass is 9.95. The van der Waals surface area contributed by atoms with E-state index in [1.54, 1.807) is 11.1 Å². The minimum atomic E-state index is 0.862. The molecule has 0 radical (unpaired) electrons. The van der Waals surface area contributed by atoms with Crippen molar-refractivity contribution >= 4 is 11.8 Å². The molecule has 2 aliphatic rings. The molecule has 3 rings (SSSR count). The molecule has 3 heteroatoms.